The second kappa shape index (κ2) is 5.38. The van der Waals surface area contributed by atoms with E-state index >= 15 is 0 Å². The summed E-state index contributed by atoms with van der Waals surface area (Å²) >= 11 is 0. The van der Waals surface area contributed by atoms with Crippen LogP contribution in [0, 0.1) is 32.6 Å². The molecule has 4 atom stereocenters. The smallest absolute Gasteiger partial charge is 0.238 e. The molecule has 0 aromatic heterocycles. The average Bonchev–Trinajstić information content (AvgIpc) is 2.87. The number of fused-ring (bicyclic) bond motifs is 1. The number of nitrogens with zero attached hydrogens (tertiary/aromatic N) is 1. The number of carbonyl (C=O) groups excluding carboxylic acids is 3. The van der Waals surface area contributed by atoms with E-state index < -0.39 is 17.8 Å². The maximum absolute atomic E-state index is 13.4. The molecule has 3 aliphatic carbocycles. The first-order valence-electron chi connectivity index (χ1n) is 9.47. The van der Waals surface area contributed by atoms with Gasteiger partial charge in [-0.15, -0.1) is 0 Å². The Bertz CT molecular complexity index is 1010. The molecule has 4 nitrogen and oxygen atoms in total. The van der Waals surface area contributed by atoms with Crippen molar-refractivity contribution >= 4 is 23.3 Å². The molecule has 1 saturated carbocycles. The summed E-state index contributed by atoms with van der Waals surface area (Å²) in [5.41, 5.74) is 5.66. The van der Waals surface area contributed by atoms with Crippen molar-refractivity contribution in [1.29, 1.82) is 0 Å². The summed E-state index contributed by atoms with van der Waals surface area (Å²) in [5.74, 6) is -1.90. The van der Waals surface area contributed by atoms with Crippen molar-refractivity contribution in [3.63, 3.8) is 0 Å². The number of amides is 2. The number of carbonyl (C=O) groups is 3. The minimum Gasteiger partial charge on any atom is -0.299 e. The molecular formula is C23H21NO3. The van der Waals surface area contributed by atoms with Crippen LogP contribution in [0.25, 0.3) is 0 Å². The molecule has 0 N–H and O–H groups in total. The Morgan fingerprint density at radius 3 is 2.11 bits per heavy atom. The lowest BCUT2D eigenvalue weighted by molar-refractivity contribution is -0.134. The SMILES string of the molecule is Cc1cc(C)c(N2C(=O)[C@@H]3[C@H](C2=O)[C@H]2CC(=O)[C@H]3c3ccccc32)c(C)c1. The van der Waals surface area contributed by atoms with Crippen molar-refractivity contribution in [2.24, 2.45) is 11.8 Å². The van der Waals surface area contributed by atoms with E-state index in [-0.39, 0.29) is 23.5 Å². The Morgan fingerprint density at radius 1 is 0.852 bits per heavy atom. The third-order valence-corrected chi connectivity index (χ3v) is 6.55. The second-order valence-electron chi connectivity index (χ2n) is 8.19. The van der Waals surface area contributed by atoms with Crippen LogP contribution in [-0.2, 0) is 14.4 Å². The number of anilines is 1. The zero-order chi connectivity index (χ0) is 19.0. The predicted molar refractivity (Wildman–Crippen MR) is 102 cm³/mol. The van der Waals surface area contributed by atoms with Gasteiger partial charge in [0.15, 0.2) is 0 Å². The highest BCUT2D eigenvalue weighted by Gasteiger charge is 2.62. The van der Waals surface area contributed by atoms with E-state index in [9.17, 15) is 14.4 Å². The number of rotatable bonds is 1. The van der Waals surface area contributed by atoms with E-state index in [1.54, 1.807) is 0 Å². The van der Waals surface area contributed by atoms with Gasteiger partial charge in [-0.25, -0.2) is 4.90 Å². The Balaban J connectivity index is 1.68. The van der Waals surface area contributed by atoms with E-state index in [1.165, 1.54) is 4.90 Å². The fourth-order valence-electron chi connectivity index (χ4n) is 5.70. The van der Waals surface area contributed by atoms with Gasteiger partial charge in [-0.3, -0.25) is 14.4 Å². The van der Waals surface area contributed by atoms with Gasteiger partial charge >= 0.3 is 0 Å². The molecule has 0 unspecified atom stereocenters. The highest BCUT2D eigenvalue weighted by atomic mass is 16.2. The number of aryl methyl sites for hydroxylation is 3. The summed E-state index contributed by atoms with van der Waals surface area (Å²) in [6, 6.07) is 11.8. The first-order valence-corrected chi connectivity index (χ1v) is 9.47. The molecule has 0 radical (unpaired) electrons. The summed E-state index contributed by atoms with van der Waals surface area (Å²) in [7, 11) is 0. The Kier molecular flexibility index (Phi) is 3.27. The van der Waals surface area contributed by atoms with E-state index in [0.717, 1.165) is 27.8 Å². The molecule has 2 fully saturated rings. The molecular weight excluding hydrogens is 338 g/mol. The molecule has 4 aliphatic rings. The maximum Gasteiger partial charge on any atom is 0.238 e. The van der Waals surface area contributed by atoms with Crippen LogP contribution in [0.5, 0.6) is 0 Å². The molecule has 2 bridgehead atoms. The molecule has 1 heterocycles. The van der Waals surface area contributed by atoms with Crippen LogP contribution in [0.4, 0.5) is 5.69 Å². The first kappa shape index (κ1) is 16.4. The molecule has 136 valence electrons. The number of hydrogen-bond donors (Lipinski definition) is 0. The predicted octanol–water partition coefficient (Wildman–Crippen LogP) is 3.57. The van der Waals surface area contributed by atoms with Gasteiger partial charge in [-0.05, 0) is 43.0 Å². The second-order valence-corrected chi connectivity index (χ2v) is 8.19. The normalized spacial score (nSPS) is 28.6. The highest BCUT2D eigenvalue weighted by Crippen LogP contribution is 2.58. The zero-order valence-electron chi connectivity index (χ0n) is 15.7. The summed E-state index contributed by atoms with van der Waals surface area (Å²) in [6.07, 6.45) is 0.363. The van der Waals surface area contributed by atoms with Crippen molar-refractivity contribution in [1.82, 2.24) is 0 Å². The van der Waals surface area contributed by atoms with Crippen molar-refractivity contribution < 1.29 is 14.4 Å². The molecule has 0 spiro atoms. The van der Waals surface area contributed by atoms with Gasteiger partial charge in [0, 0.05) is 12.3 Å². The van der Waals surface area contributed by atoms with Gasteiger partial charge < -0.3 is 0 Å². The van der Waals surface area contributed by atoms with Crippen LogP contribution in [0.3, 0.4) is 0 Å². The van der Waals surface area contributed by atoms with Crippen molar-refractivity contribution in [3.05, 3.63) is 64.2 Å². The highest BCUT2D eigenvalue weighted by molar-refractivity contribution is 6.25. The Labute approximate surface area is 158 Å². The minimum absolute atomic E-state index is 0.0975. The van der Waals surface area contributed by atoms with Gasteiger partial charge in [0.1, 0.15) is 5.78 Å². The number of hydrogen-bond acceptors (Lipinski definition) is 3. The molecule has 4 heteroatoms. The van der Waals surface area contributed by atoms with Crippen molar-refractivity contribution in [3.8, 4) is 0 Å². The fourth-order valence-corrected chi connectivity index (χ4v) is 5.70. The summed E-state index contributed by atoms with van der Waals surface area (Å²) in [6.45, 7) is 5.88. The average molecular weight is 359 g/mol. The molecule has 6 rings (SSSR count). The first-order chi connectivity index (χ1) is 12.9. The Hall–Kier alpha value is -2.75. The summed E-state index contributed by atoms with van der Waals surface area (Å²) in [5, 5.41) is 0. The molecule has 2 amide bonds. The van der Waals surface area contributed by atoms with E-state index in [0.29, 0.717) is 12.1 Å². The van der Waals surface area contributed by atoms with Crippen LogP contribution < -0.4 is 4.90 Å². The summed E-state index contributed by atoms with van der Waals surface area (Å²) in [4.78, 5) is 41.0. The maximum atomic E-state index is 13.4. The van der Waals surface area contributed by atoms with Gasteiger partial charge in [-0.2, -0.15) is 0 Å². The van der Waals surface area contributed by atoms with Gasteiger partial charge in [0.25, 0.3) is 0 Å². The lowest BCUT2D eigenvalue weighted by atomic mass is 9.56. The molecule has 1 saturated heterocycles. The van der Waals surface area contributed by atoms with Gasteiger partial charge in [0.05, 0.1) is 23.4 Å². The molecule has 1 aliphatic heterocycles. The van der Waals surface area contributed by atoms with Crippen molar-refractivity contribution in [2.75, 3.05) is 4.90 Å². The van der Waals surface area contributed by atoms with Crippen LogP contribution >= 0.6 is 0 Å². The largest absolute Gasteiger partial charge is 0.299 e. The van der Waals surface area contributed by atoms with Crippen LogP contribution in [-0.4, -0.2) is 17.6 Å². The van der Waals surface area contributed by atoms with Crippen LogP contribution in [0.1, 0.15) is 46.1 Å². The van der Waals surface area contributed by atoms with Gasteiger partial charge in [0.2, 0.25) is 11.8 Å². The lowest BCUT2D eigenvalue weighted by Crippen LogP contribution is -2.44. The summed E-state index contributed by atoms with van der Waals surface area (Å²) < 4.78 is 0. The number of ketones is 1. The van der Waals surface area contributed by atoms with E-state index in [2.05, 4.69) is 0 Å². The number of imide groups is 1. The number of benzene rings is 2. The zero-order valence-corrected chi connectivity index (χ0v) is 15.7. The molecule has 2 aromatic carbocycles. The topological polar surface area (TPSA) is 54.5 Å². The van der Waals surface area contributed by atoms with E-state index in [4.69, 9.17) is 0 Å². The molecule has 2 aromatic rings. The van der Waals surface area contributed by atoms with Crippen LogP contribution in [0.15, 0.2) is 36.4 Å². The third kappa shape index (κ3) is 2.01. The van der Waals surface area contributed by atoms with Gasteiger partial charge in [-0.1, -0.05) is 42.0 Å². The number of Topliss-reactive ketones (excluding diaryl/α,β-unsaturated/α-hetero) is 1. The lowest BCUT2D eigenvalue weighted by Gasteiger charge is -2.43. The third-order valence-electron chi connectivity index (χ3n) is 6.55. The van der Waals surface area contributed by atoms with Crippen LogP contribution in [0.2, 0.25) is 0 Å². The standard InChI is InChI=1S/C23H21NO3/c1-11-8-12(2)21(13(3)9-11)24-22(26)19-16-10-17(25)18(20(19)23(24)27)15-7-5-4-6-14(15)16/h4-9,16,18-20H,10H2,1-3H3/t16-,18+,19+,20-/m0/s1. The Morgan fingerprint density at radius 2 is 1.44 bits per heavy atom. The monoisotopic (exact) mass is 359 g/mol. The minimum atomic E-state index is -0.557. The fraction of sp³-hybridized carbons (Fsp3) is 0.348. The quantitative estimate of drug-likeness (QED) is 0.732. The van der Waals surface area contributed by atoms with E-state index in [1.807, 2.05) is 57.2 Å². The van der Waals surface area contributed by atoms with Crippen molar-refractivity contribution in [2.45, 2.75) is 39.0 Å². The molecule has 27 heavy (non-hydrogen) atoms.